The average molecular weight is 353 g/mol. The number of rotatable bonds is 3. The van der Waals surface area contributed by atoms with Gasteiger partial charge in [0.1, 0.15) is 0 Å². The highest BCUT2D eigenvalue weighted by atomic mass is 35.5. The molecular formula is C16H11ClF2N2OS. The van der Waals surface area contributed by atoms with Crippen LogP contribution in [0.5, 0.6) is 0 Å². The fraction of sp³-hybridized carbons (Fsp3) is 0.125. The van der Waals surface area contributed by atoms with Gasteiger partial charge in [-0.3, -0.25) is 10.1 Å². The zero-order valence-electron chi connectivity index (χ0n) is 12.0. The Morgan fingerprint density at radius 2 is 2.00 bits per heavy atom. The summed E-state index contributed by atoms with van der Waals surface area (Å²) in [5.74, 6) is -2.86. The molecule has 0 spiro atoms. The summed E-state index contributed by atoms with van der Waals surface area (Å²) in [5, 5.41) is 2.78. The quantitative estimate of drug-likeness (QED) is 0.671. The van der Waals surface area contributed by atoms with E-state index in [9.17, 15) is 13.6 Å². The van der Waals surface area contributed by atoms with Gasteiger partial charge in [0.2, 0.25) is 0 Å². The number of aryl methyl sites for hydroxylation is 1. The number of benzene rings is 2. The van der Waals surface area contributed by atoms with Gasteiger partial charge in [0.05, 0.1) is 20.8 Å². The summed E-state index contributed by atoms with van der Waals surface area (Å²) in [6.07, 6.45) is 0.903. The van der Waals surface area contributed by atoms with Crippen molar-refractivity contribution in [1.29, 1.82) is 0 Å². The van der Waals surface area contributed by atoms with Crippen LogP contribution in [0.3, 0.4) is 0 Å². The van der Waals surface area contributed by atoms with Crippen molar-refractivity contribution in [3.63, 3.8) is 0 Å². The predicted octanol–water partition coefficient (Wildman–Crippen LogP) is 5.04. The molecule has 0 bridgehead atoms. The van der Waals surface area contributed by atoms with E-state index in [1.165, 1.54) is 16.9 Å². The molecule has 1 N–H and O–H groups in total. The minimum atomic E-state index is -1.13. The highest BCUT2D eigenvalue weighted by molar-refractivity contribution is 7.22. The smallest absolute Gasteiger partial charge is 0.259 e. The second-order valence-electron chi connectivity index (χ2n) is 4.87. The Labute approximate surface area is 139 Å². The third kappa shape index (κ3) is 3.18. The first-order valence-corrected chi connectivity index (χ1v) is 8.02. The second kappa shape index (κ2) is 6.22. The van der Waals surface area contributed by atoms with Gasteiger partial charge < -0.3 is 0 Å². The molecule has 0 saturated heterocycles. The van der Waals surface area contributed by atoms with E-state index in [2.05, 4.69) is 17.2 Å². The van der Waals surface area contributed by atoms with Crippen LogP contribution in [0.25, 0.3) is 10.2 Å². The van der Waals surface area contributed by atoms with Crippen molar-refractivity contribution in [2.75, 3.05) is 5.32 Å². The molecule has 0 aliphatic carbocycles. The van der Waals surface area contributed by atoms with Gasteiger partial charge in [0, 0.05) is 0 Å². The largest absolute Gasteiger partial charge is 0.298 e. The summed E-state index contributed by atoms with van der Waals surface area (Å²) >= 11 is 7.11. The molecule has 1 heterocycles. The van der Waals surface area contributed by atoms with Crippen molar-refractivity contribution in [3.05, 3.63) is 58.1 Å². The molecule has 0 saturated carbocycles. The van der Waals surface area contributed by atoms with Gasteiger partial charge >= 0.3 is 0 Å². The van der Waals surface area contributed by atoms with E-state index in [0.717, 1.165) is 28.8 Å². The normalized spacial score (nSPS) is 11.0. The number of hydrogen-bond acceptors (Lipinski definition) is 3. The van der Waals surface area contributed by atoms with E-state index in [4.69, 9.17) is 11.6 Å². The molecule has 0 aliphatic rings. The molecule has 7 heteroatoms. The Morgan fingerprint density at radius 3 is 2.74 bits per heavy atom. The molecule has 1 aromatic heterocycles. The minimum Gasteiger partial charge on any atom is -0.298 e. The minimum absolute atomic E-state index is 0.140. The first-order valence-electron chi connectivity index (χ1n) is 6.83. The maximum absolute atomic E-state index is 13.3. The Balaban J connectivity index is 1.89. The summed E-state index contributed by atoms with van der Waals surface area (Å²) in [6, 6.07) is 7.41. The van der Waals surface area contributed by atoms with E-state index in [-0.39, 0.29) is 10.6 Å². The van der Waals surface area contributed by atoms with Crippen molar-refractivity contribution in [2.24, 2.45) is 0 Å². The molecule has 0 atom stereocenters. The summed E-state index contributed by atoms with van der Waals surface area (Å²) in [6.45, 7) is 2.05. The summed E-state index contributed by atoms with van der Waals surface area (Å²) in [7, 11) is 0. The van der Waals surface area contributed by atoms with E-state index in [1.807, 2.05) is 18.2 Å². The second-order valence-corrected chi connectivity index (χ2v) is 6.31. The lowest BCUT2D eigenvalue weighted by Crippen LogP contribution is -2.13. The fourth-order valence-corrected chi connectivity index (χ4v) is 3.26. The van der Waals surface area contributed by atoms with Gasteiger partial charge in [-0.1, -0.05) is 35.9 Å². The SMILES string of the molecule is CCc1ccc2nc(NC(=O)c3cc(F)c(F)cc3Cl)sc2c1. The molecule has 3 rings (SSSR count). The standard InChI is InChI=1S/C16H11ClF2N2OS/c1-2-8-3-4-13-14(5-8)23-16(20-13)21-15(22)9-6-11(18)12(19)7-10(9)17/h3-7H,2H2,1H3,(H,20,21,22). The molecular weight excluding hydrogens is 342 g/mol. The molecule has 0 radical (unpaired) electrons. The number of halogens is 3. The molecule has 2 aromatic carbocycles. The predicted molar refractivity (Wildman–Crippen MR) is 88.3 cm³/mol. The Morgan fingerprint density at radius 1 is 1.26 bits per heavy atom. The van der Waals surface area contributed by atoms with Crippen LogP contribution >= 0.6 is 22.9 Å². The molecule has 118 valence electrons. The molecule has 0 unspecified atom stereocenters. The zero-order chi connectivity index (χ0) is 16.6. The van der Waals surface area contributed by atoms with Gasteiger partial charge in [0.15, 0.2) is 16.8 Å². The number of aromatic nitrogens is 1. The van der Waals surface area contributed by atoms with Crippen molar-refractivity contribution in [1.82, 2.24) is 4.98 Å². The highest BCUT2D eigenvalue weighted by Crippen LogP contribution is 2.28. The van der Waals surface area contributed by atoms with Gasteiger partial charge in [-0.15, -0.1) is 0 Å². The van der Waals surface area contributed by atoms with Crippen molar-refractivity contribution >= 4 is 44.2 Å². The first kappa shape index (κ1) is 15.8. The average Bonchev–Trinajstić information content (AvgIpc) is 2.91. The van der Waals surface area contributed by atoms with Gasteiger partial charge in [-0.25, -0.2) is 13.8 Å². The van der Waals surface area contributed by atoms with Gasteiger partial charge in [0.25, 0.3) is 5.91 Å². The van der Waals surface area contributed by atoms with Crippen LogP contribution in [0.15, 0.2) is 30.3 Å². The fourth-order valence-electron chi connectivity index (χ4n) is 2.10. The Bertz CT molecular complexity index is 910. The monoisotopic (exact) mass is 352 g/mol. The molecule has 3 nitrogen and oxygen atoms in total. The number of amides is 1. The third-order valence-electron chi connectivity index (χ3n) is 3.34. The maximum Gasteiger partial charge on any atom is 0.259 e. The van der Waals surface area contributed by atoms with Crippen molar-refractivity contribution < 1.29 is 13.6 Å². The summed E-state index contributed by atoms with van der Waals surface area (Å²) in [5.41, 5.74) is 1.79. The first-order chi connectivity index (χ1) is 11.0. The van der Waals surface area contributed by atoms with Crippen LogP contribution in [-0.2, 0) is 6.42 Å². The lowest BCUT2D eigenvalue weighted by molar-refractivity contribution is 0.102. The van der Waals surface area contributed by atoms with Crippen LogP contribution < -0.4 is 5.32 Å². The summed E-state index contributed by atoms with van der Waals surface area (Å²) in [4.78, 5) is 16.5. The van der Waals surface area contributed by atoms with E-state index < -0.39 is 17.5 Å². The van der Waals surface area contributed by atoms with E-state index in [1.54, 1.807) is 0 Å². The maximum atomic E-state index is 13.3. The number of anilines is 1. The molecule has 1 amide bonds. The lowest BCUT2D eigenvalue weighted by atomic mass is 10.2. The van der Waals surface area contributed by atoms with Crippen molar-refractivity contribution in [3.8, 4) is 0 Å². The highest BCUT2D eigenvalue weighted by Gasteiger charge is 2.16. The topological polar surface area (TPSA) is 42.0 Å². The third-order valence-corrected chi connectivity index (χ3v) is 4.58. The number of carbonyl (C=O) groups is 1. The number of thiazole rings is 1. The van der Waals surface area contributed by atoms with E-state index >= 15 is 0 Å². The van der Waals surface area contributed by atoms with Crippen LogP contribution in [0.2, 0.25) is 5.02 Å². The number of fused-ring (bicyclic) bond motifs is 1. The molecule has 0 fully saturated rings. The molecule has 0 aliphatic heterocycles. The number of nitrogens with one attached hydrogen (secondary N) is 1. The Hall–Kier alpha value is -2.05. The number of nitrogens with zero attached hydrogens (tertiary/aromatic N) is 1. The van der Waals surface area contributed by atoms with Crippen LogP contribution in [-0.4, -0.2) is 10.9 Å². The summed E-state index contributed by atoms with van der Waals surface area (Å²) < 4.78 is 27.3. The zero-order valence-corrected chi connectivity index (χ0v) is 13.6. The number of carbonyl (C=O) groups excluding carboxylic acids is 1. The van der Waals surface area contributed by atoms with Crippen LogP contribution in [0, 0.1) is 11.6 Å². The lowest BCUT2D eigenvalue weighted by Gasteiger charge is -2.04. The van der Waals surface area contributed by atoms with E-state index in [0.29, 0.717) is 5.13 Å². The van der Waals surface area contributed by atoms with Gasteiger partial charge in [-0.2, -0.15) is 0 Å². The van der Waals surface area contributed by atoms with Crippen LogP contribution in [0.1, 0.15) is 22.8 Å². The van der Waals surface area contributed by atoms with Crippen LogP contribution in [0.4, 0.5) is 13.9 Å². The molecule has 23 heavy (non-hydrogen) atoms. The van der Waals surface area contributed by atoms with Gasteiger partial charge in [-0.05, 0) is 36.2 Å². The van der Waals surface area contributed by atoms with Crippen molar-refractivity contribution in [2.45, 2.75) is 13.3 Å². The number of hydrogen-bond donors (Lipinski definition) is 1. The Kier molecular flexibility index (Phi) is 4.28. The molecule has 3 aromatic rings.